The van der Waals surface area contributed by atoms with Gasteiger partial charge in [-0.1, -0.05) is 48.2 Å². The molecule has 1 aliphatic heterocycles. The highest BCUT2D eigenvalue weighted by atomic mass is 32.2. The fraction of sp³-hybridized carbons (Fsp3) is 0.211. The number of aromatic nitrogens is 3. The normalized spacial score (nSPS) is 14.4. The molecule has 1 atom stereocenters. The van der Waals surface area contributed by atoms with Crippen molar-refractivity contribution in [3.63, 3.8) is 0 Å². The van der Waals surface area contributed by atoms with E-state index in [0.29, 0.717) is 0 Å². The third-order valence-corrected chi connectivity index (χ3v) is 5.38. The summed E-state index contributed by atoms with van der Waals surface area (Å²) in [5.41, 5.74) is 3.26. The van der Waals surface area contributed by atoms with Crippen molar-refractivity contribution in [3.05, 3.63) is 66.5 Å². The van der Waals surface area contributed by atoms with Crippen molar-refractivity contribution in [3.8, 4) is 5.69 Å². The second-order valence-electron chi connectivity index (χ2n) is 5.95. The van der Waals surface area contributed by atoms with Gasteiger partial charge in [0.05, 0.1) is 5.25 Å². The van der Waals surface area contributed by atoms with Crippen molar-refractivity contribution in [2.45, 2.75) is 23.8 Å². The van der Waals surface area contributed by atoms with Crippen molar-refractivity contribution < 1.29 is 4.79 Å². The van der Waals surface area contributed by atoms with Gasteiger partial charge in [0.25, 0.3) is 0 Å². The zero-order chi connectivity index (χ0) is 17.2. The van der Waals surface area contributed by atoms with Crippen molar-refractivity contribution in [2.75, 3.05) is 11.4 Å². The molecule has 1 aliphatic rings. The van der Waals surface area contributed by atoms with Crippen LogP contribution < -0.4 is 4.90 Å². The van der Waals surface area contributed by atoms with Gasteiger partial charge in [-0.3, -0.25) is 9.36 Å². The highest BCUT2D eigenvalue weighted by Gasteiger charge is 2.29. The number of hydrogen-bond acceptors (Lipinski definition) is 4. The fourth-order valence-corrected chi connectivity index (χ4v) is 3.97. The van der Waals surface area contributed by atoms with Crippen molar-refractivity contribution in [1.82, 2.24) is 14.8 Å². The summed E-state index contributed by atoms with van der Waals surface area (Å²) in [6.45, 7) is 2.67. The van der Waals surface area contributed by atoms with E-state index in [-0.39, 0.29) is 11.2 Å². The maximum Gasteiger partial charge on any atom is 0.240 e. The topological polar surface area (TPSA) is 51.0 Å². The largest absolute Gasteiger partial charge is 0.311 e. The van der Waals surface area contributed by atoms with Crippen LogP contribution in [0.3, 0.4) is 0 Å². The van der Waals surface area contributed by atoms with Crippen molar-refractivity contribution in [1.29, 1.82) is 0 Å². The summed E-state index contributed by atoms with van der Waals surface area (Å²) in [6, 6.07) is 18.0. The lowest BCUT2D eigenvalue weighted by Gasteiger charge is -2.21. The average Bonchev–Trinajstić information content (AvgIpc) is 3.28. The molecule has 0 radical (unpaired) electrons. The van der Waals surface area contributed by atoms with Gasteiger partial charge in [-0.15, -0.1) is 10.2 Å². The molecule has 6 heteroatoms. The smallest absolute Gasteiger partial charge is 0.240 e. The second-order valence-corrected chi connectivity index (χ2v) is 7.26. The molecule has 126 valence electrons. The molecule has 0 saturated heterocycles. The average molecular weight is 350 g/mol. The first-order valence-electron chi connectivity index (χ1n) is 8.25. The molecular formula is C19H18N4OS. The Labute approximate surface area is 150 Å². The number of anilines is 1. The van der Waals surface area contributed by atoms with Gasteiger partial charge < -0.3 is 4.90 Å². The molecule has 2 heterocycles. The Hall–Kier alpha value is -2.60. The quantitative estimate of drug-likeness (QED) is 0.677. The lowest BCUT2D eigenvalue weighted by Crippen LogP contribution is -2.35. The Morgan fingerprint density at radius 2 is 1.88 bits per heavy atom. The van der Waals surface area contributed by atoms with E-state index in [1.54, 1.807) is 6.33 Å². The highest BCUT2D eigenvalue weighted by Crippen LogP contribution is 2.31. The van der Waals surface area contributed by atoms with E-state index in [9.17, 15) is 4.79 Å². The van der Waals surface area contributed by atoms with Crippen LogP contribution in [-0.4, -0.2) is 32.5 Å². The van der Waals surface area contributed by atoms with Crippen molar-refractivity contribution >= 4 is 23.4 Å². The molecule has 0 N–H and O–H groups in total. The third-order valence-electron chi connectivity index (χ3n) is 4.33. The lowest BCUT2D eigenvalue weighted by molar-refractivity contribution is -0.117. The molecule has 0 spiro atoms. The Kier molecular flexibility index (Phi) is 4.28. The van der Waals surface area contributed by atoms with Gasteiger partial charge >= 0.3 is 0 Å². The molecule has 3 aromatic rings. The lowest BCUT2D eigenvalue weighted by atomic mass is 10.2. The van der Waals surface area contributed by atoms with E-state index >= 15 is 0 Å². The SMILES string of the molecule is CC(Sc1nncn1-c1ccccc1)C(=O)N1CCc2ccccc21. The van der Waals surface area contributed by atoms with E-state index in [1.165, 1.54) is 17.3 Å². The maximum absolute atomic E-state index is 12.9. The van der Waals surface area contributed by atoms with Crippen LogP contribution in [0, 0.1) is 0 Å². The zero-order valence-corrected chi connectivity index (χ0v) is 14.7. The number of carbonyl (C=O) groups is 1. The number of benzene rings is 2. The number of amides is 1. The van der Waals surface area contributed by atoms with Gasteiger partial charge in [-0.2, -0.15) is 0 Å². The minimum absolute atomic E-state index is 0.109. The molecule has 0 aliphatic carbocycles. The summed E-state index contributed by atoms with van der Waals surface area (Å²) in [4.78, 5) is 14.8. The van der Waals surface area contributed by atoms with Crippen LogP contribution in [0.2, 0.25) is 0 Å². The van der Waals surface area contributed by atoms with Crippen LogP contribution in [0.15, 0.2) is 66.1 Å². The Balaban J connectivity index is 1.53. The van der Waals surface area contributed by atoms with Crippen LogP contribution in [0.4, 0.5) is 5.69 Å². The number of fused-ring (bicyclic) bond motifs is 1. The van der Waals surface area contributed by atoms with Crippen LogP contribution in [0.25, 0.3) is 5.69 Å². The molecule has 2 aromatic carbocycles. The molecule has 1 amide bonds. The summed E-state index contributed by atoms with van der Waals surface area (Å²) < 4.78 is 1.91. The number of hydrogen-bond donors (Lipinski definition) is 0. The number of para-hydroxylation sites is 2. The molecule has 0 bridgehead atoms. The predicted molar refractivity (Wildman–Crippen MR) is 99.2 cm³/mol. The van der Waals surface area contributed by atoms with E-state index in [0.717, 1.165) is 29.5 Å². The zero-order valence-electron chi connectivity index (χ0n) is 13.9. The summed E-state index contributed by atoms with van der Waals surface area (Å²) in [6.07, 6.45) is 2.60. The van der Waals surface area contributed by atoms with Gasteiger partial charge in [-0.05, 0) is 37.1 Å². The summed E-state index contributed by atoms with van der Waals surface area (Å²) in [5.74, 6) is 0.109. The van der Waals surface area contributed by atoms with Gasteiger partial charge in [0.1, 0.15) is 6.33 Å². The van der Waals surface area contributed by atoms with Gasteiger partial charge in [0.2, 0.25) is 5.91 Å². The molecule has 1 unspecified atom stereocenters. The molecule has 25 heavy (non-hydrogen) atoms. The highest BCUT2D eigenvalue weighted by molar-refractivity contribution is 8.00. The van der Waals surface area contributed by atoms with E-state index in [1.807, 2.05) is 64.9 Å². The summed E-state index contributed by atoms with van der Waals surface area (Å²) in [7, 11) is 0. The Bertz CT molecular complexity index is 893. The summed E-state index contributed by atoms with van der Waals surface area (Å²) >= 11 is 1.44. The molecule has 0 saturated carbocycles. The molecule has 1 aromatic heterocycles. The van der Waals surface area contributed by atoms with Crippen LogP contribution in [0.1, 0.15) is 12.5 Å². The first-order valence-corrected chi connectivity index (χ1v) is 9.13. The Morgan fingerprint density at radius 1 is 1.12 bits per heavy atom. The Morgan fingerprint density at radius 3 is 2.72 bits per heavy atom. The van der Waals surface area contributed by atoms with Gasteiger partial charge in [0, 0.05) is 17.9 Å². The number of carbonyl (C=O) groups excluding carboxylic acids is 1. The van der Waals surface area contributed by atoms with E-state index in [2.05, 4.69) is 16.3 Å². The van der Waals surface area contributed by atoms with Gasteiger partial charge in [-0.25, -0.2) is 0 Å². The predicted octanol–water partition coefficient (Wildman–Crippen LogP) is 3.34. The molecule has 5 nitrogen and oxygen atoms in total. The minimum atomic E-state index is -0.238. The first-order chi connectivity index (χ1) is 12.2. The number of thioether (sulfide) groups is 1. The van der Waals surface area contributed by atoms with E-state index in [4.69, 9.17) is 0 Å². The standard InChI is InChI=1S/C19H18N4OS/c1-14(18(24)22-12-11-15-7-5-6-10-17(15)22)25-19-21-20-13-23(19)16-8-3-2-4-9-16/h2-10,13-14H,11-12H2,1H3. The monoisotopic (exact) mass is 350 g/mol. The van der Waals surface area contributed by atoms with Crippen LogP contribution >= 0.6 is 11.8 Å². The molecular weight excluding hydrogens is 332 g/mol. The maximum atomic E-state index is 12.9. The van der Waals surface area contributed by atoms with Crippen LogP contribution in [-0.2, 0) is 11.2 Å². The number of nitrogens with zero attached hydrogens (tertiary/aromatic N) is 4. The van der Waals surface area contributed by atoms with Gasteiger partial charge in [0.15, 0.2) is 5.16 Å². The molecule has 0 fully saturated rings. The second kappa shape index (κ2) is 6.72. The number of rotatable bonds is 4. The third kappa shape index (κ3) is 3.05. The van der Waals surface area contributed by atoms with Crippen molar-refractivity contribution in [2.24, 2.45) is 0 Å². The summed E-state index contributed by atoms with van der Waals surface area (Å²) in [5, 5.41) is 8.69. The first kappa shape index (κ1) is 15.9. The van der Waals surface area contributed by atoms with E-state index < -0.39 is 0 Å². The fourth-order valence-electron chi connectivity index (χ4n) is 3.07. The molecule has 4 rings (SSSR count). The van der Waals surface area contributed by atoms with Crippen LogP contribution in [0.5, 0.6) is 0 Å². The minimum Gasteiger partial charge on any atom is -0.311 e.